The number of aryl methyl sites for hydroxylation is 1. The SMILES string of the molecule is O=C(Nc1sc2c(c1C(=O)Nc1ccc(C(F)(F)F)cc1)CCCCC2)c1ccc([N+](=O)[O-])cc1. The minimum Gasteiger partial charge on any atom is -0.322 e. The van der Waals surface area contributed by atoms with E-state index in [1.165, 1.54) is 47.7 Å². The normalized spacial score (nSPS) is 13.5. The van der Waals surface area contributed by atoms with Crippen LogP contribution in [0.5, 0.6) is 0 Å². The lowest BCUT2D eigenvalue weighted by molar-refractivity contribution is -0.384. The molecule has 1 heterocycles. The number of thiophene rings is 1. The number of hydrogen-bond donors (Lipinski definition) is 2. The number of nitrogens with one attached hydrogen (secondary N) is 2. The van der Waals surface area contributed by atoms with Crippen molar-refractivity contribution in [3.63, 3.8) is 0 Å². The Kier molecular flexibility index (Phi) is 6.88. The van der Waals surface area contributed by atoms with Crippen molar-refractivity contribution in [1.29, 1.82) is 0 Å². The van der Waals surface area contributed by atoms with Crippen LogP contribution in [0.3, 0.4) is 0 Å². The van der Waals surface area contributed by atoms with E-state index >= 15 is 0 Å². The van der Waals surface area contributed by atoms with Crippen LogP contribution in [0, 0.1) is 10.1 Å². The van der Waals surface area contributed by atoms with Gasteiger partial charge >= 0.3 is 6.18 Å². The Bertz CT molecular complexity index is 1270. The molecule has 0 radical (unpaired) electrons. The summed E-state index contributed by atoms with van der Waals surface area (Å²) in [5, 5.41) is 16.6. The van der Waals surface area contributed by atoms with Gasteiger partial charge in [-0.3, -0.25) is 19.7 Å². The molecule has 0 bridgehead atoms. The number of nitrogens with zero attached hydrogens (tertiary/aromatic N) is 1. The maximum Gasteiger partial charge on any atom is 0.416 e. The summed E-state index contributed by atoms with van der Waals surface area (Å²) in [7, 11) is 0. The van der Waals surface area contributed by atoms with Gasteiger partial charge in [-0.1, -0.05) is 6.42 Å². The first kappa shape index (κ1) is 24.4. The van der Waals surface area contributed by atoms with Crippen LogP contribution in [0.15, 0.2) is 48.5 Å². The Hall–Kier alpha value is -3.73. The maximum absolute atomic E-state index is 13.2. The van der Waals surface area contributed by atoms with Gasteiger partial charge in [-0.25, -0.2) is 0 Å². The highest BCUT2D eigenvalue weighted by atomic mass is 32.1. The van der Waals surface area contributed by atoms with Crippen LogP contribution in [0.4, 0.5) is 29.5 Å². The highest BCUT2D eigenvalue weighted by Crippen LogP contribution is 2.38. The first-order chi connectivity index (χ1) is 16.6. The maximum atomic E-state index is 13.2. The van der Waals surface area contributed by atoms with E-state index in [-0.39, 0.29) is 16.9 Å². The molecular formula is C24H20F3N3O4S. The molecule has 0 spiro atoms. The minimum atomic E-state index is -4.48. The number of benzene rings is 2. The quantitative estimate of drug-likeness (QED) is 0.237. The van der Waals surface area contributed by atoms with Crippen LogP contribution >= 0.6 is 11.3 Å². The summed E-state index contributed by atoms with van der Waals surface area (Å²) in [6.45, 7) is 0. The van der Waals surface area contributed by atoms with Crippen LogP contribution in [-0.2, 0) is 19.0 Å². The molecule has 35 heavy (non-hydrogen) atoms. The Morgan fingerprint density at radius 3 is 2.17 bits per heavy atom. The third kappa shape index (κ3) is 5.51. The van der Waals surface area contributed by atoms with Crippen molar-refractivity contribution >= 4 is 39.5 Å². The van der Waals surface area contributed by atoms with Gasteiger partial charge in [0.1, 0.15) is 5.00 Å². The van der Waals surface area contributed by atoms with E-state index < -0.39 is 28.5 Å². The second-order valence-electron chi connectivity index (χ2n) is 8.06. The second-order valence-corrected chi connectivity index (χ2v) is 9.16. The number of non-ortho nitro benzene ring substituents is 1. The molecule has 2 aromatic carbocycles. The van der Waals surface area contributed by atoms with E-state index in [1.54, 1.807) is 0 Å². The summed E-state index contributed by atoms with van der Waals surface area (Å²) >= 11 is 1.30. The Labute approximate surface area is 202 Å². The number of carbonyl (C=O) groups excluding carboxylic acids is 2. The third-order valence-corrected chi connectivity index (χ3v) is 6.89. The molecule has 0 unspecified atom stereocenters. The van der Waals surface area contributed by atoms with Crippen molar-refractivity contribution < 1.29 is 27.7 Å². The Morgan fingerprint density at radius 1 is 0.886 bits per heavy atom. The predicted octanol–water partition coefficient (Wildman–Crippen LogP) is 6.45. The van der Waals surface area contributed by atoms with Gasteiger partial charge in [0.15, 0.2) is 0 Å². The van der Waals surface area contributed by atoms with Crippen molar-refractivity contribution in [2.75, 3.05) is 10.6 Å². The molecular weight excluding hydrogens is 483 g/mol. The number of alkyl halides is 3. The number of halogens is 3. The van der Waals surface area contributed by atoms with Crippen LogP contribution in [0.2, 0.25) is 0 Å². The van der Waals surface area contributed by atoms with E-state index in [9.17, 15) is 32.9 Å². The van der Waals surface area contributed by atoms with Crippen LogP contribution in [-0.4, -0.2) is 16.7 Å². The highest BCUT2D eigenvalue weighted by Gasteiger charge is 2.30. The molecule has 7 nitrogen and oxygen atoms in total. The van der Waals surface area contributed by atoms with Crippen LogP contribution in [0.1, 0.15) is 56.0 Å². The molecule has 0 atom stereocenters. The smallest absolute Gasteiger partial charge is 0.322 e. The Balaban J connectivity index is 1.61. The molecule has 0 saturated carbocycles. The van der Waals surface area contributed by atoms with Gasteiger partial charge < -0.3 is 10.6 Å². The molecule has 0 saturated heterocycles. The van der Waals surface area contributed by atoms with E-state index in [0.717, 1.165) is 48.3 Å². The summed E-state index contributed by atoms with van der Waals surface area (Å²) in [5.41, 5.74) is 0.535. The van der Waals surface area contributed by atoms with Gasteiger partial charge in [0.25, 0.3) is 17.5 Å². The van der Waals surface area contributed by atoms with E-state index in [2.05, 4.69) is 10.6 Å². The summed E-state index contributed by atoms with van der Waals surface area (Å²) < 4.78 is 38.5. The fourth-order valence-corrected chi connectivity index (χ4v) is 5.20. The summed E-state index contributed by atoms with van der Waals surface area (Å²) in [5.74, 6) is -1.05. The van der Waals surface area contributed by atoms with Gasteiger partial charge in [-0.2, -0.15) is 13.2 Å². The standard InChI is InChI=1S/C24H20F3N3O4S/c25-24(26,27)15-8-10-16(11-9-15)28-22(32)20-18-4-2-1-3-5-19(18)35-23(20)29-21(31)14-6-12-17(13-7-14)30(33)34/h6-13H,1-5H2,(H,28,32)(H,29,31). The third-order valence-electron chi connectivity index (χ3n) is 5.69. The largest absolute Gasteiger partial charge is 0.416 e. The number of nitro benzene ring substituents is 1. The second kappa shape index (κ2) is 9.87. The molecule has 2 N–H and O–H groups in total. The van der Waals surface area contributed by atoms with Crippen molar-refractivity contribution in [2.45, 2.75) is 38.3 Å². The molecule has 2 amide bonds. The number of rotatable bonds is 5. The molecule has 4 rings (SSSR count). The zero-order valence-corrected chi connectivity index (χ0v) is 19.1. The summed E-state index contributed by atoms with van der Waals surface area (Å²) in [4.78, 5) is 37.3. The first-order valence-electron chi connectivity index (χ1n) is 10.8. The van der Waals surface area contributed by atoms with E-state index in [0.29, 0.717) is 17.0 Å². The summed E-state index contributed by atoms with van der Waals surface area (Å²) in [6, 6.07) is 9.24. The number of carbonyl (C=O) groups is 2. The van der Waals surface area contributed by atoms with Crippen molar-refractivity contribution in [2.24, 2.45) is 0 Å². The average molecular weight is 504 g/mol. The van der Waals surface area contributed by atoms with Gasteiger partial charge in [-0.15, -0.1) is 11.3 Å². The lowest BCUT2D eigenvalue weighted by Crippen LogP contribution is -2.18. The number of hydrogen-bond acceptors (Lipinski definition) is 5. The lowest BCUT2D eigenvalue weighted by atomic mass is 10.0. The zero-order chi connectivity index (χ0) is 25.2. The van der Waals surface area contributed by atoms with Gasteiger partial charge in [0, 0.05) is 28.3 Å². The monoisotopic (exact) mass is 503 g/mol. The molecule has 182 valence electrons. The molecule has 0 fully saturated rings. The minimum absolute atomic E-state index is 0.152. The summed E-state index contributed by atoms with van der Waals surface area (Å²) in [6.07, 6.45) is -0.249. The van der Waals surface area contributed by atoms with Crippen molar-refractivity contribution in [3.05, 3.63) is 85.8 Å². The molecule has 11 heteroatoms. The molecule has 1 aliphatic rings. The molecule has 0 aliphatic heterocycles. The van der Waals surface area contributed by atoms with Gasteiger partial charge in [0.2, 0.25) is 0 Å². The zero-order valence-electron chi connectivity index (χ0n) is 18.3. The lowest BCUT2D eigenvalue weighted by Gasteiger charge is -2.11. The number of anilines is 2. The molecule has 1 aliphatic carbocycles. The van der Waals surface area contributed by atoms with E-state index in [4.69, 9.17) is 0 Å². The average Bonchev–Trinajstić information content (AvgIpc) is 2.99. The number of amides is 2. The molecule has 3 aromatic rings. The fourth-order valence-electron chi connectivity index (χ4n) is 3.92. The predicted molar refractivity (Wildman–Crippen MR) is 126 cm³/mol. The molecule has 1 aromatic heterocycles. The van der Waals surface area contributed by atoms with Crippen LogP contribution in [0.25, 0.3) is 0 Å². The Morgan fingerprint density at radius 2 is 1.54 bits per heavy atom. The van der Waals surface area contributed by atoms with Crippen LogP contribution < -0.4 is 10.6 Å². The first-order valence-corrected chi connectivity index (χ1v) is 11.6. The van der Waals surface area contributed by atoms with E-state index in [1.807, 2.05) is 0 Å². The highest BCUT2D eigenvalue weighted by molar-refractivity contribution is 7.17. The number of nitro groups is 1. The number of fused-ring (bicyclic) bond motifs is 1. The van der Waals surface area contributed by atoms with Crippen molar-refractivity contribution in [1.82, 2.24) is 0 Å². The van der Waals surface area contributed by atoms with Gasteiger partial charge in [0.05, 0.1) is 16.1 Å². The topological polar surface area (TPSA) is 101 Å². The van der Waals surface area contributed by atoms with Crippen molar-refractivity contribution in [3.8, 4) is 0 Å². The van der Waals surface area contributed by atoms with Gasteiger partial charge in [-0.05, 0) is 67.6 Å². The fraction of sp³-hybridized carbons (Fsp3) is 0.250.